The van der Waals surface area contributed by atoms with E-state index in [0.717, 1.165) is 48.3 Å². The lowest BCUT2D eigenvalue weighted by atomic mass is 9.98. The number of nitrogens with zero attached hydrogens (tertiary/aromatic N) is 6. The predicted molar refractivity (Wildman–Crippen MR) is 100 cm³/mol. The van der Waals surface area contributed by atoms with Crippen LogP contribution in [-0.2, 0) is 5.54 Å². The lowest BCUT2D eigenvalue weighted by Gasteiger charge is -2.17. The molecule has 0 spiro atoms. The lowest BCUT2D eigenvalue weighted by molar-refractivity contribution is 0.372. The highest BCUT2D eigenvalue weighted by Gasteiger charge is 2.36. The summed E-state index contributed by atoms with van der Waals surface area (Å²) in [7, 11) is 0. The molecule has 8 heteroatoms. The van der Waals surface area contributed by atoms with Gasteiger partial charge in [-0.2, -0.15) is 10.1 Å². The van der Waals surface area contributed by atoms with Crippen LogP contribution in [0.3, 0.4) is 0 Å². The van der Waals surface area contributed by atoms with Gasteiger partial charge in [-0.15, -0.1) is 0 Å². The molecule has 1 saturated carbocycles. The van der Waals surface area contributed by atoms with Crippen molar-refractivity contribution in [1.82, 2.24) is 29.9 Å². The van der Waals surface area contributed by atoms with Crippen molar-refractivity contribution in [2.24, 2.45) is 5.73 Å². The van der Waals surface area contributed by atoms with Crippen LogP contribution in [-0.4, -0.2) is 29.9 Å². The zero-order valence-electron chi connectivity index (χ0n) is 16.2. The Hall–Kier alpha value is -2.61. The van der Waals surface area contributed by atoms with Crippen molar-refractivity contribution in [3.63, 3.8) is 0 Å². The summed E-state index contributed by atoms with van der Waals surface area (Å²) in [6, 6.07) is 1.93. The molecule has 8 nitrogen and oxygen atoms in total. The highest BCUT2D eigenvalue weighted by atomic mass is 16.5. The van der Waals surface area contributed by atoms with Gasteiger partial charge in [0.1, 0.15) is 0 Å². The minimum atomic E-state index is -0.480. The maximum atomic E-state index is 6.47. The van der Waals surface area contributed by atoms with E-state index in [0.29, 0.717) is 17.7 Å². The molecule has 0 unspecified atom stereocenters. The summed E-state index contributed by atoms with van der Waals surface area (Å²) >= 11 is 0. The summed E-state index contributed by atoms with van der Waals surface area (Å²) in [6.07, 6.45) is 5.83. The Bertz CT molecular complexity index is 946. The Kier molecular flexibility index (Phi) is 4.30. The predicted octanol–water partition coefficient (Wildman–Crippen LogP) is 3.18. The summed E-state index contributed by atoms with van der Waals surface area (Å²) in [5.74, 6) is 1.74. The number of hydrogen-bond acceptors (Lipinski definition) is 7. The van der Waals surface area contributed by atoms with Crippen LogP contribution in [0.1, 0.15) is 68.4 Å². The molecular weight excluding hydrogens is 342 g/mol. The topological polar surface area (TPSA) is 109 Å². The van der Waals surface area contributed by atoms with Crippen LogP contribution in [0, 0.1) is 13.8 Å². The van der Waals surface area contributed by atoms with Crippen molar-refractivity contribution in [3.05, 3.63) is 35.2 Å². The fourth-order valence-corrected chi connectivity index (χ4v) is 3.66. The summed E-state index contributed by atoms with van der Waals surface area (Å²) in [5, 5.41) is 8.87. The van der Waals surface area contributed by atoms with E-state index in [4.69, 9.17) is 15.4 Å². The maximum Gasteiger partial charge on any atom is 0.261 e. The van der Waals surface area contributed by atoms with Gasteiger partial charge in [-0.05, 0) is 38.7 Å². The molecule has 0 bridgehead atoms. The molecule has 0 aliphatic heterocycles. The third-order valence-corrected chi connectivity index (χ3v) is 5.06. The van der Waals surface area contributed by atoms with Crippen LogP contribution in [0.4, 0.5) is 0 Å². The van der Waals surface area contributed by atoms with E-state index in [1.54, 1.807) is 4.68 Å². The molecule has 3 aromatic rings. The molecular formula is C19H25N7O. The van der Waals surface area contributed by atoms with Crippen molar-refractivity contribution in [2.75, 3.05) is 0 Å². The quantitative estimate of drug-likeness (QED) is 0.754. The molecule has 27 heavy (non-hydrogen) atoms. The maximum absolute atomic E-state index is 6.47. The first-order chi connectivity index (χ1) is 12.9. The highest BCUT2D eigenvalue weighted by molar-refractivity contribution is 5.57. The minimum absolute atomic E-state index is 0.181. The lowest BCUT2D eigenvalue weighted by Crippen LogP contribution is -2.34. The van der Waals surface area contributed by atoms with Crippen molar-refractivity contribution in [1.29, 1.82) is 0 Å². The molecule has 1 fully saturated rings. The Morgan fingerprint density at radius 3 is 2.41 bits per heavy atom. The molecule has 3 heterocycles. The standard InChI is InChI=1S/C19H25N7O/c1-11(2)15-14(10-26(24-15)18-21-12(3)9-13(4)22-18)16-23-17(25-27-16)19(20)7-5-6-8-19/h9-11H,5-8,20H2,1-4H3. The van der Waals surface area contributed by atoms with E-state index in [1.807, 2.05) is 26.1 Å². The third-order valence-electron chi connectivity index (χ3n) is 5.06. The van der Waals surface area contributed by atoms with Gasteiger partial charge in [-0.1, -0.05) is 31.8 Å². The van der Waals surface area contributed by atoms with Gasteiger partial charge in [-0.25, -0.2) is 14.6 Å². The van der Waals surface area contributed by atoms with Gasteiger partial charge in [-0.3, -0.25) is 0 Å². The van der Waals surface area contributed by atoms with E-state index in [-0.39, 0.29) is 5.92 Å². The van der Waals surface area contributed by atoms with E-state index in [1.165, 1.54) is 0 Å². The van der Waals surface area contributed by atoms with Gasteiger partial charge < -0.3 is 10.3 Å². The average molecular weight is 367 g/mol. The fraction of sp³-hybridized carbons (Fsp3) is 0.526. The summed E-state index contributed by atoms with van der Waals surface area (Å²) in [4.78, 5) is 13.6. The number of rotatable bonds is 4. The molecule has 0 radical (unpaired) electrons. The van der Waals surface area contributed by atoms with E-state index in [2.05, 4.69) is 34.0 Å². The van der Waals surface area contributed by atoms with Crippen LogP contribution < -0.4 is 5.73 Å². The first-order valence-electron chi connectivity index (χ1n) is 9.41. The second-order valence-corrected chi connectivity index (χ2v) is 7.76. The minimum Gasteiger partial charge on any atom is -0.334 e. The fourth-order valence-electron chi connectivity index (χ4n) is 3.66. The normalized spacial score (nSPS) is 16.4. The van der Waals surface area contributed by atoms with Crippen LogP contribution in [0.5, 0.6) is 0 Å². The smallest absolute Gasteiger partial charge is 0.261 e. The first-order valence-corrected chi connectivity index (χ1v) is 9.41. The summed E-state index contributed by atoms with van der Waals surface area (Å²) in [5.41, 5.74) is 9.45. The van der Waals surface area contributed by atoms with E-state index >= 15 is 0 Å². The average Bonchev–Trinajstić information content (AvgIpc) is 3.33. The molecule has 0 saturated heterocycles. The third kappa shape index (κ3) is 3.25. The summed E-state index contributed by atoms with van der Waals surface area (Å²) < 4.78 is 7.26. The van der Waals surface area contributed by atoms with Gasteiger partial charge in [0, 0.05) is 17.6 Å². The number of aryl methyl sites for hydroxylation is 2. The molecule has 3 aromatic heterocycles. The van der Waals surface area contributed by atoms with Gasteiger partial charge in [0.15, 0.2) is 5.82 Å². The van der Waals surface area contributed by atoms with E-state index in [9.17, 15) is 0 Å². The van der Waals surface area contributed by atoms with Crippen LogP contribution in [0.2, 0.25) is 0 Å². The Morgan fingerprint density at radius 1 is 1.11 bits per heavy atom. The molecule has 4 rings (SSSR count). The summed E-state index contributed by atoms with van der Waals surface area (Å²) in [6.45, 7) is 8.05. The van der Waals surface area contributed by atoms with Crippen molar-refractivity contribution in [2.45, 2.75) is 64.8 Å². The second-order valence-electron chi connectivity index (χ2n) is 7.76. The number of nitrogens with two attached hydrogens (primary N) is 1. The van der Waals surface area contributed by atoms with Crippen LogP contribution in [0.25, 0.3) is 17.4 Å². The molecule has 1 aliphatic carbocycles. The van der Waals surface area contributed by atoms with Crippen molar-refractivity contribution >= 4 is 0 Å². The zero-order valence-corrected chi connectivity index (χ0v) is 16.2. The molecule has 0 aromatic carbocycles. The Labute approximate surface area is 158 Å². The van der Waals surface area contributed by atoms with Gasteiger partial charge in [0.25, 0.3) is 11.8 Å². The molecule has 1 aliphatic rings. The largest absolute Gasteiger partial charge is 0.334 e. The van der Waals surface area contributed by atoms with Gasteiger partial charge >= 0.3 is 0 Å². The number of hydrogen-bond donors (Lipinski definition) is 1. The van der Waals surface area contributed by atoms with Crippen molar-refractivity contribution in [3.8, 4) is 17.4 Å². The first kappa shape index (κ1) is 17.8. The monoisotopic (exact) mass is 367 g/mol. The SMILES string of the molecule is Cc1cc(C)nc(-n2cc(-c3nc(C4(N)CCCC4)no3)c(C(C)C)n2)n1. The molecule has 2 N–H and O–H groups in total. The molecule has 142 valence electrons. The highest BCUT2D eigenvalue weighted by Crippen LogP contribution is 2.36. The zero-order chi connectivity index (χ0) is 19.2. The van der Waals surface area contributed by atoms with Gasteiger partial charge in [0.05, 0.1) is 16.8 Å². The number of aromatic nitrogens is 6. The second kappa shape index (κ2) is 6.53. The van der Waals surface area contributed by atoms with Crippen LogP contribution >= 0.6 is 0 Å². The Morgan fingerprint density at radius 2 is 1.78 bits per heavy atom. The van der Waals surface area contributed by atoms with E-state index < -0.39 is 5.54 Å². The molecule has 0 amide bonds. The van der Waals surface area contributed by atoms with Crippen molar-refractivity contribution < 1.29 is 4.52 Å². The van der Waals surface area contributed by atoms with Crippen LogP contribution in [0.15, 0.2) is 16.8 Å². The van der Waals surface area contributed by atoms with Gasteiger partial charge in [0.2, 0.25) is 0 Å². The Balaban J connectivity index is 1.77. The molecule has 0 atom stereocenters.